The topological polar surface area (TPSA) is 89.5 Å². The zero-order chi connectivity index (χ0) is 18.0. The Kier molecular flexibility index (Phi) is 5.55. The number of ether oxygens (including phenoxy) is 1. The highest BCUT2D eigenvalue weighted by atomic mass is 35.5. The lowest BCUT2D eigenvalue weighted by Gasteiger charge is -2.27. The molecule has 0 heterocycles. The number of sulfone groups is 1. The summed E-state index contributed by atoms with van der Waals surface area (Å²) < 4.78 is 28.6. The van der Waals surface area contributed by atoms with Crippen LogP contribution in [-0.4, -0.2) is 38.7 Å². The van der Waals surface area contributed by atoms with Crippen LogP contribution in [0.5, 0.6) is 0 Å². The summed E-state index contributed by atoms with van der Waals surface area (Å²) in [5.74, 6) is -0.973. The van der Waals surface area contributed by atoms with Crippen LogP contribution in [0.2, 0.25) is 5.02 Å². The van der Waals surface area contributed by atoms with Crippen molar-refractivity contribution >= 4 is 33.3 Å². The number of nitrogens with one attached hydrogen (secondary N) is 1. The Labute approximate surface area is 146 Å². The molecule has 1 amide bonds. The molecule has 24 heavy (non-hydrogen) atoms. The Morgan fingerprint density at radius 1 is 1.29 bits per heavy atom. The number of carbonyl (C=O) groups is 2. The molecule has 0 aromatic heterocycles. The van der Waals surface area contributed by atoms with Gasteiger partial charge in [0.1, 0.15) is 5.54 Å². The van der Waals surface area contributed by atoms with E-state index in [9.17, 15) is 18.0 Å². The van der Waals surface area contributed by atoms with E-state index in [4.69, 9.17) is 16.3 Å². The highest BCUT2D eigenvalue weighted by Crippen LogP contribution is 2.31. The van der Waals surface area contributed by atoms with Crippen LogP contribution in [0.15, 0.2) is 23.1 Å². The number of esters is 1. The molecule has 0 bridgehead atoms. The summed E-state index contributed by atoms with van der Waals surface area (Å²) in [6.45, 7) is 1.94. The van der Waals surface area contributed by atoms with Gasteiger partial charge in [0.15, 0.2) is 9.84 Å². The van der Waals surface area contributed by atoms with Gasteiger partial charge < -0.3 is 10.1 Å². The Hall–Kier alpha value is -1.60. The number of amides is 1. The molecule has 0 unspecified atom stereocenters. The Balaban J connectivity index is 2.30. The first kappa shape index (κ1) is 18.7. The molecular weight excluding hydrogens is 354 g/mol. The number of benzene rings is 1. The van der Waals surface area contributed by atoms with Gasteiger partial charge in [-0.3, -0.25) is 4.79 Å². The predicted octanol–water partition coefficient (Wildman–Crippen LogP) is 2.35. The van der Waals surface area contributed by atoms with Crippen molar-refractivity contribution in [1.29, 1.82) is 0 Å². The quantitative estimate of drug-likeness (QED) is 0.800. The molecule has 0 aliphatic heterocycles. The molecule has 2 rings (SSSR count). The summed E-state index contributed by atoms with van der Waals surface area (Å²) in [4.78, 5) is 24.7. The van der Waals surface area contributed by atoms with Crippen LogP contribution >= 0.6 is 11.6 Å². The van der Waals surface area contributed by atoms with Crippen LogP contribution in [0.4, 0.5) is 0 Å². The van der Waals surface area contributed by atoms with Crippen molar-refractivity contribution < 1.29 is 22.7 Å². The maximum absolute atomic E-state index is 12.5. The van der Waals surface area contributed by atoms with E-state index < -0.39 is 27.3 Å². The summed E-state index contributed by atoms with van der Waals surface area (Å²) in [5.41, 5.74) is -0.909. The summed E-state index contributed by atoms with van der Waals surface area (Å²) >= 11 is 5.89. The van der Waals surface area contributed by atoms with Gasteiger partial charge in [0.2, 0.25) is 0 Å². The molecule has 0 atom stereocenters. The molecule has 1 aliphatic rings. The third-order valence-electron chi connectivity index (χ3n) is 4.07. The normalized spacial score (nSPS) is 16.6. The maximum Gasteiger partial charge on any atom is 0.331 e. The monoisotopic (exact) mass is 373 g/mol. The van der Waals surface area contributed by atoms with Gasteiger partial charge in [-0.1, -0.05) is 24.4 Å². The molecule has 1 aliphatic carbocycles. The molecule has 1 N–H and O–H groups in total. The SMILES string of the molecule is CCOC(=O)C1(NC(=O)c2ccc(Cl)c(S(C)(=O)=O)c2)CCCC1. The first-order chi connectivity index (χ1) is 11.2. The summed E-state index contributed by atoms with van der Waals surface area (Å²) in [6, 6.07) is 4.01. The van der Waals surface area contributed by atoms with E-state index in [-0.39, 0.29) is 22.1 Å². The van der Waals surface area contributed by atoms with Gasteiger partial charge in [-0.25, -0.2) is 13.2 Å². The summed E-state index contributed by atoms with van der Waals surface area (Å²) in [6.07, 6.45) is 3.66. The molecule has 6 nitrogen and oxygen atoms in total. The lowest BCUT2D eigenvalue weighted by molar-refractivity contribution is -0.150. The van der Waals surface area contributed by atoms with Crippen molar-refractivity contribution in [2.24, 2.45) is 0 Å². The fourth-order valence-corrected chi connectivity index (χ4v) is 4.15. The second kappa shape index (κ2) is 7.11. The van der Waals surface area contributed by atoms with Crippen molar-refractivity contribution in [2.75, 3.05) is 12.9 Å². The fraction of sp³-hybridized carbons (Fsp3) is 0.500. The summed E-state index contributed by atoms with van der Waals surface area (Å²) in [7, 11) is -3.56. The standard InChI is InChI=1S/C16H20ClNO5S/c1-3-23-15(20)16(8-4-5-9-16)18-14(19)11-6-7-12(17)13(10-11)24(2,21)22/h6-7,10H,3-5,8-9H2,1-2H3,(H,18,19). The molecule has 1 saturated carbocycles. The van der Waals surface area contributed by atoms with E-state index in [1.165, 1.54) is 18.2 Å². The van der Waals surface area contributed by atoms with Gasteiger partial charge in [-0.15, -0.1) is 0 Å². The second-order valence-corrected chi connectivity index (χ2v) is 8.27. The van der Waals surface area contributed by atoms with Crippen LogP contribution in [0.3, 0.4) is 0 Å². The molecular formula is C16H20ClNO5S. The third-order valence-corrected chi connectivity index (χ3v) is 5.65. The number of hydrogen-bond acceptors (Lipinski definition) is 5. The van der Waals surface area contributed by atoms with Crippen LogP contribution in [-0.2, 0) is 19.4 Å². The minimum atomic E-state index is -3.56. The number of hydrogen-bond donors (Lipinski definition) is 1. The molecule has 0 spiro atoms. The lowest BCUT2D eigenvalue weighted by atomic mass is 9.97. The van der Waals surface area contributed by atoms with Crippen molar-refractivity contribution in [3.63, 3.8) is 0 Å². The number of carbonyl (C=O) groups excluding carboxylic acids is 2. The van der Waals surface area contributed by atoms with Crippen molar-refractivity contribution in [3.05, 3.63) is 28.8 Å². The van der Waals surface area contributed by atoms with Gasteiger partial charge in [0.05, 0.1) is 16.5 Å². The summed E-state index contributed by atoms with van der Waals surface area (Å²) in [5, 5.41) is 2.79. The van der Waals surface area contributed by atoms with Gasteiger partial charge in [-0.05, 0) is 38.0 Å². The molecule has 1 aromatic rings. The lowest BCUT2D eigenvalue weighted by Crippen LogP contribution is -2.53. The predicted molar refractivity (Wildman–Crippen MR) is 89.9 cm³/mol. The number of rotatable bonds is 5. The molecule has 0 saturated heterocycles. The molecule has 8 heteroatoms. The zero-order valence-corrected chi connectivity index (χ0v) is 15.2. The molecule has 132 valence electrons. The minimum Gasteiger partial charge on any atom is -0.464 e. The van der Waals surface area contributed by atoms with Crippen LogP contribution < -0.4 is 5.32 Å². The minimum absolute atomic E-state index is 0.0509. The van der Waals surface area contributed by atoms with Gasteiger partial charge in [0, 0.05) is 11.8 Å². The molecule has 1 aromatic carbocycles. The van der Waals surface area contributed by atoms with Gasteiger partial charge in [0.25, 0.3) is 5.91 Å². The van der Waals surface area contributed by atoms with E-state index in [0.717, 1.165) is 19.1 Å². The van der Waals surface area contributed by atoms with Crippen LogP contribution in [0, 0.1) is 0 Å². The first-order valence-corrected chi connectivity index (χ1v) is 9.96. The maximum atomic E-state index is 12.5. The highest BCUT2D eigenvalue weighted by Gasteiger charge is 2.44. The van der Waals surface area contributed by atoms with Crippen molar-refractivity contribution in [2.45, 2.75) is 43.0 Å². The first-order valence-electron chi connectivity index (χ1n) is 7.69. The van der Waals surface area contributed by atoms with E-state index in [0.29, 0.717) is 12.8 Å². The Bertz CT molecular complexity index is 754. The Morgan fingerprint density at radius 2 is 1.92 bits per heavy atom. The van der Waals surface area contributed by atoms with E-state index in [1.807, 2.05) is 0 Å². The van der Waals surface area contributed by atoms with Gasteiger partial charge in [-0.2, -0.15) is 0 Å². The average molecular weight is 374 g/mol. The van der Waals surface area contributed by atoms with Crippen LogP contribution in [0.25, 0.3) is 0 Å². The highest BCUT2D eigenvalue weighted by molar-refractivity contribution is 7.90. The smallest absolute Gasteiger partial charge is 0.331 e. The van der Waals surface area contributed by atoms with E-state index in [2.05, 4.69) is 5.32 Å². The van der Waals surface area contributed by atoms with E-state index >= 15 is 0 Å². The second-order valence-electron chi connectivity index (χ2n) is 5.88. The Morgan fingerprint density at radius 3 is 2.46 bits per heavy atom. The van der Waals surface area contributed by atoms with Crippen molar-refractivity contribution in [3.8, 4) is 0 Å². The fourth-order valence-electron chi connectivity index (χ4n) is 2.85. The third kappa shape index (κ3) is 3.89. The van der Waals surface area contributed by atoms with Gasteiger partial charge >= 0.3 is 5.97 Å². The van der Waals surface area contributed by atoms with Crippen LogP contribution in [0.1, 0.15) is 43.0 Å². The number of halogens is 1. The zero-order valence-electron chi connectivity index (χ0n) is 13.6. The van der Waals surface area contributed by atoms with E-state index in [1.54, 1.807) is 6.92 Å². The van der Waals surface area contributed by atoms with Crippen molar-refractivity contribution in [1.82, 2.24) is 5.32 Å². The average Bonchev–Trinajstić information content (AvgIpc) is 2.96. The molecule has 1 fully saturated rings. The molecule has 0 radical (unpaired) electrons. The largest absolute Gasteiger partial charge is 0.464 e.